The van der Waals surface area contributed by atoms with Gasteiger partial charge in [-0.1, -0.05) is 0 Å². The fraction of sp³-hybridized carbons (Fsp3) is 0.0833. The Balaban J connectivity index is 2.22. The summed E-state index contributed by atoms with van der Waals surface area (Å²) < 4.78 is 0.862. The Kier molecular flexibility index (Phi) is 3.57. The predicted molar refractivity (Wildman–Crippen MR) is 70.5 cm³/mol. The van der Waals surface area contributed by atoms with Crippen molar-refractivity contribution in [2.24, 2.45) is 0 Å². The van der Waals surface area contributed by atoms with Crippen LogP contribution in [0, 0.1) is 6.92 Å². The van der Waals surface area contributed by atoms with E-state index < -0.39 is 5.91 Å². The highest BCUT2D eigenvalue weighted by Gasteiger charge is 2.13. The van der Waals surface area contributed by atoms with Crippen LogP contribution in [-0.2, 0) is 0 Å². The van der Waals surface area contributed by atoms with Crippen molar-refractivity contribution in [3.63, 3.8) is 0 Å². The van der Waals surface area contributed by atoms with Crippen LogP contribution in [0.25, 0.3) is 0 Å². The molecule has 0 aromatic carbocycles. The maximum atomic E-state index is 11.8. The number of hydrogen-bond donors (Lipinski definition) is 2. The van der Waals surface area contributed by atoms with Crippen molar-refractivity contribution in [2.75, 3.05) is 5.32 Å². The van der Waals surface area contributed by atoms with Crippen LogP contribution >= 0.6 is 15.9 Å². The zero-order valence-electron chi connectivity index (χ0n) is 9.51. The van der Waals surface area contributed by atoms with Gasteiger partial charge in [-0.2, -0.15) is 0 Å². The van der Waals surface area contributed by atoms with Crippen LogP contribution in [-0.4, -0.2) is 21.0 Å². The van der Waals surface area contributed by atoms with E-state index in [9.17, 15) is 9.90 Å². The Morgan fingerprint density at radius 2 is 2.17 bits per heavy atom. The smallest absolute Gasteiger partial charge is 0.279 e. The van der Waals surface area contributed by atoms with Crippen molar-refractivity contribution in [1.29, 1.82) is 0 Å². The SMILES string of the molecule is Cc1nc(NC(=O)c2ncccc2O)ccc1Br. The molecule has 0 aliphatic rings. The highest BCUT2D eigenvalue weighted by molar-refractivity contribution is 9.10. The average molecular weight is 308 g/mol. The molecule has 2 aromatic heterocycles. The van der Waals surface area contributed by atoms with Gasteiger partial charge in [0.2, 0.25) is 0 Å². The summed E-state index contributed by atoms with van der Waals surface area (Å²) in [5.41, 5.74) is 0.734. The number of halogens is 1. The first-order valence-electron chi connectivity index (χ1n) is 5.16. The van der Waals surface area contributed by atoms with E-state index in [2.05, 4.69) is 31.2 Å². The molecule has 0 saturated heterocycles. The molecule has 2 N–H and O–H groups in total. The summed E-state index contributed by atoms with van der Waals surface area (Å²) >= 11 is 3.32. The number of aromatic nitrogens is 2. The Morgan fingerprint density at radius 1 is 1.39 bits per heavy atom. The molecule has 2 aromatic rings. The number of nitrogens with zero attached hydrogens (tertiary/aromatic N) is 2. The van der Waals surface area contributed by atoms with E-state index in [4.69, 9.17) is 0 Å². The largest absolute Gasteiger partial charge is 0.505 e. The Morgan fingerprint density at radius 3 is 2.83 bits per heavy atom. The van der Waals surface area contributed by atoms with E-state index in [0.717, 1.165) is 10.2 Å². The third-order valence-corrected chi connectivity index (χ3v) is 3.10. The van der Waals surface area contributed by atoms with Crippen molar-refractivity contribution >= 4 is 27.7 Å². The van der Waals surface area contributed by atoms with Gasteiger partial charge >= 0.3 is 0 Å². The van der Waals surface area contributed by atoms with Crippen molar-refractivity contribution in [2.45, 2.75) is 6.92 Å². The zero-order valence-corrected chi connectivity index (χ0v) is 11.1. The second-order valence-electron chi connectivity index (χ2n) is 3.59. The third-order valence-electron chi connectivity index (χ3n) is 2.26. The number of carbonyl (C=O) groups excluding carboxylic acids is 1. The number of aromatic hydroxyl groups is 1. The van der Waals surface area contributed by atoms with Crippen LogP contribution in [0.5, 0.6) is 5.75 Å². The van der Waals surface area contributed by atoms with Gasteiger partial charge in [-0.25, -0.2) is 9.97 Å². The number of rotatable bonds is 2. The fourth-order valence-corrected chi connectivity index (χ4v) is 1.58. The van der Waals surface area contributed by atoms with E-state index >= 15 is 0 Å². The molecule has 5 nitrogen and oxygen atoms in total. The summed E-state index contributed by atoms with van der Waals surface area (Å²) in [7, 11) is 0. The highest BCUT2D eigenvalue weighted by Crippen LogP contribution is 2.18. The molecule has 0 unspecified atom stereocenters. The molecule has 0 bridgehead atoms. The van der Waals surface area contributed by atoms with Crippen molar-refractivity contribution in [3.05, 3.63) is 46.3 Å². The minimum absolute atomic E-state index is 0.0279. The van der Waals surface area contributed by atoms with Crippen molar-refractivity contribution in [3.8, 4) is 5.75 Å². The first kappa shape index (κ1) is 12.5. The third kappa shape index (κ3) is 2.65. The van der Waals surface area contributed by atoms with Gasteiger partial charge in [0.05, 0.1) is 5.69 Å². The number of hydrogen-bond acceptors (Lipinski definition) is 4. The first-order valence-corrected chi connectivity index (χ1v) is 5.95. The summed E-state index contributed by atoms with van der Waals surface area (Å²) in [6, 6.07) is 6.40. The van der Waals surface area contributed by atoms with Crippen LogP contribution < -0.4 is 5.32 Å². The summed E-state index contributed by atoms with van der Waals surface area (Å²) in [4.78, 5) is 19.8. The van der Waals surface area contributed by atoms with Crippen LogP contribution in [0.3, 0.4) is 0 Å². The van der Waals surface area contributed by atoms with Crippen LogP contribution in [0.15, 0.2) is 34.9 Å². The maximum absolute atomic E-state index is 11.8. The lowest BCUT2D eigenvalue weighted by molar-refractivity contribution is 0.101. The molecular formula is C12H10BrN3O2. The normalized spacial score (nSPS) is 10.1. The van der Waals surface area contributed by atoms with Gasteiger partial charge in [0.15, 0.2) is 5.69 Å². The standard InChI is InChI=1S/C12H10BrN3O2/c1-7-8(13)4-5-10(15-7)16-12(18)11-9(17)3-2-6-14-11/h2-6,17H,1H3,(H,15,16,18). The van der Waals surface area contributed by atoms with E-state index in [1.165, 1.54) is 12.3 Å². The quantitative estimate of drug-likeness (QED) is 0.894. The molecule has 0 aliphatic carbocycles. The molecule has 18 heavy (non-hydrogen) atoms. The predicted octanol–water partition coefficient (Wildman–Crippen LogP) is 2.51. The molecule has 0 atom stereocenters. The van der Waals surface area contributed by atoms with E-state index in [1.54, 1.807) is 18.2 Å². The van der Waals surface area contributed by atoms with Gasteiger partial charge < -0.3 is 10.4 Å². The molecule has 0 spiro atoms. The zero-order chi connectivity index (χ0) is 13.1. The molecule has 0 fully saturated rings. The molecule has 0 radical (unpaired) electrons. The topological polar surface area (TPSA) is 75.1 Å². The molecular weight excluding hydrogens is 298 g/mol. The lowest BCUT2D eigenvalue weighted by Crippen LogP contribution is -2.14. The van der Waals surface area contributed by atoms with E-state index in [-0.39, 0.29) is 11.4 Å². The van der Waals surface area contributed by atoms with Crippen LogP contribution in [0.2, 0.25) is 0 Å². The number of nitrogens with one attached hydrogen (secondary N) is 1. The molecule has 2 heterocycles. The van der Waals surface area contributed by atoms with Gasteiger partial charge in [-0.3, -0.25) is 4.79 Å². The minimum Gasteiger partial charge on any atom is -0.505 e. The van der Waals surface area contributed by atoms with Gasteiger partial charge in [-0.15, -0.1) is 0 Å². The fourth-order valence-electron chi connectivity index (χ4n) is 1.36. The lowest BCUT2D eigenvalue weighted by atomic mass is 10.3. The molecule has 1 amide bonds. The molecule has 0 aliphatic heterocycles. The number of aryl methyl sites for hydroxylation is 1. The maximum Gasteiger partial charge on any atom is 0.279 e. The van der Waals surface area contributed by atoms with Crippen molar-refractivity contribution in [1.82, 2.24) is 9.97 Å². The Labute approximate surface area is 112 Å². The second kappa shape index (κ2) is 5.14. The number of amides is 1. The average Bonchev–Trinajstić information content (AvgIpc) is 2.34. The monoisotopic (exact) mass is 307 g/mol. The van der Waals surface area contributed by atoms with E-state index in [1.807, 2.05) is 6.92 Å². The van der Waals surface area contributed by atoms with Crippen LogP contribution in [0.4, 0.5) is 5.82 Å². The van der Waals surface area contributed by atoms with Crippen LogP contribution in [0.1, 0.15) is 16.2 Å². The lowest BCUT2D eigenvalue weighted by Gasteiger charge is -2.06. The molecule has 6 heteroatoms. The summed E-state index contributed by atoms with van der Waals surface area (Å²) in [5.74, 6) is -0.253. The molecule has 92 valence electrons. The van der Waals surface area contributed by atoms with Gasteiger partial charge in [0.25, 0.3) is 5.91 Å². The molecule has 2 rings (SSSR count). The van der Waals surface area contributed by atoms with E-state index in [0.29, 0.717) is 5.82 Å². The van der Waals surface area contributed by atoms with Gasteiger partial charge in [0.1, 0.15) is 11.6 Å². The number of pyridine rings is 2. The minimum atomic E-state index is -0.498. The Bertz CT molecular complexity index is 602. The molecule has 0 saturated carbocycles. The number of carbonyl (C=O) groups is 1. The first-order chi connectivity index (χ1) is 8.58. The second-order valence-corrected chi connectivity index (χ2v) is 4.44. The summed E-state index contributed by atoms with van der Waals surface area (Å²) in [6.07, 6.45) is 1.44. The van der Waals surface area contributed by atoms with Crippen molar-refractivity contribution < 1.29 is 9.90 Å². The summed E-state index contributed by atoms with van der Waals surface area (Å²) in [6.45, 7) is 1.82. The summed E-state index contributed by atoms with van der Waals surface area (Å²) in [5, 5.41) is 12.1. The Hall–Kier alpha value is -1.95. The number of anilines is 1. The highest BCUT2D eigenvalue weighted by atomic mass is 79.9. The van der Waals surface area contributed by atoms with Gasteiger partial charge in [-0.05, 0) is 47.1 Å². The van der Waals surface area contributed by atoms with Gasteiger partial charge in [0, 0.05) is 10.7 Å².